The van der Waals surface area contributed by atoms with E-state index in [0.717, 1.165) is 11.1 Å². The van der Waals surface area contributed by atoms with E-state index in [4.69, 9.17) is 19.9 Å². The van der Waals surface area contributed by atoms with Gasteiger partial charge in [0.15, 0.2) is 5.78 Å². The number of ether oxygens (including phenoxy) is 3. The van der Waals surface area contributed by atoms with E-state index in [0.29, 0.717) is 39.9 Å². The van der Waals surface area contributed by atoms with E-state index < -0.39 is 5.60 Å². The molecule has 0 radical (unpaired) electrons. The van der Waals surface area contributed by atoms with E-state index in [1.165, 1.54) is 6.08 Å². The summed E-state index contributed by atoms with van der Waals surface area (Å²) in [5.41, 5.74) is 8.91. The lowest BCUT2D eigenvalue weighted by atomic mass is 9.97. The SMILES string of the molecule is COc1ccc(/C=C/C(=O)c2ccc(OC)c3c2OC(C)(C)C=C3)cc1NCC(=O)Nc1ccccc1N. The van der Waals surface area contributed by atoms with Crippen LogP contribution < -0.4 is 30.6 Å². The first-order valence-electron chi connectivity index (χ1n) is 12.1. The molecule has 38 heavy (non-hydrogen) atoms. The van der Waals surface area contributed by atoms with Crippen molar-refractivity contribution in [1.29, 1.82) is 0 Å². The van der Waals surface area contributed by atoms with Gasteiger partial charge in [-0.05, 0) is 74.0 Å². The zero-order valence-electron chi connectivity index (χ0n) is 21.8. The van der Waals surface area contributed by atoms with E-state index in [1.54, 1.807) is 68.8 Å². The molecule has 0 aromatic heterocycles. The van der Waals surface area contributed by atoms with Gasteiger partial charge in [-0.2, -0.15) is 0 Å². The van der Waals surface area contributed by atoms with Crippen LogP contribution in [0.4, 0.5) is 17.1 Å². The summed E-state index contributed by atoms with van der Waals surface area (Å²) in [6.45, 7) is 3.85. The number of nitrogen functional groups attached to an aromatic ring is 1. The van der Waals surface area contributed by atoms with Gasteiger partial charge in [-0.1, -0.05) is 24.3 Å². The van der Waals surface area contributed by atoms with E-state index in [2.05, 4.69) is 10.6 Å². The zero-order chi connectivity index (χ0) is 27.3. The maximum absolute atomic E-state index is 13.2. The van der Waals surface area contributed by atoms with Crippen LogP contribution in [0.2, 0.25) is 0 Å². The van der Waals surface area contributed by atoms with Crippen molar-refractivity contribution < 1.29 is 23.8 Å². The van der Waals surface area contributed by atoms with Gasteiger partial charge in [-0.3, -0.25) is 9.59 Å². The van der Waals surface area contributed by atoms with Crippen molar-refractivity contribution in [3.63, 3.8) is 0 Å². The van der Waals surface area contributed by atoms with E-state index in [1.807, 2.05) is 32.1 Å². The Hall–Kier alpha value is -4.72. The molecule has 0 saturated heterocycles. The highest BCUT2D eigenvalue weighted by atomic mass is 16.5. The van der Waals surface area contributed by atoms with Crippen LogP contribution in [0.1, 0.15) is 35.3 Å². The molecule has 0 aliphatic carbocycles. The Bertz CT molecular complexity index is 1430. The average Bonchev–Trinajstić information content (AvgIpc) is 2.90. The van der Waals surface area contributed by atoms with Crippen LogP contribution in [-0.2, 0) is 4.79 Å². The number of methoxy groups -OCH3 is 2. The molecule has 1 aliphatic rings. The Kier molecular flexibility index (Phi) is 7.71. The Morgan fingerprint density at radius 3 is 2.47 bits per heavy atom. The minimum absolute atomic E-state index is 0.00454. The van der Waals surface area contributed by atoms with E-state index in [-0.39, 0.29) is 18.2 Å². The topological polar surface area (TPSA) is 112 Å². The molecule has 0 saturated carbocycles. The van der Waals surface area contributed by atoms with Crippen LogP contribution >= 0.6 is 0 Å². The fraction of sp³-hybridized carbons (Fsp3) is 0.200. The third-order valence-corrected chi connectivity index (χ3v) is 5.98. The summed E-state index contributed by atoms with van der Waals surface area (Å²) in [5, 5.41) is 5.87. The molecule has 196 valence electrons. The molecule has 4 rings (SSSR count). The third kappa shape index (κ3) is 5.98. The second-order valence-corrected chi connectivity index (χ2v) is 9.24. The number of amides is 1. The quantitative estimate of drug-likeness (QED) is 0.199. The molecule has 4 N–H and O–H groups in total. The number of carbonyl (C=O) groups is 2. The number of nitrogens with one attached hydrogen (secondary N) is 2. The molecule has 8 nitrogen and oxygen atoms in total. The summed E-state index contributed by atoms with van der Waals surface area (Å²) >= 11 is 0. The van der Waals surface area contributed by atoms with E-state index >= 15 is 0 Å². The van der Waals surface area contributed by atoms with Gasteiger partial charge in [-0.25, -0.2) is 0 Å². The van der Waals surface area contributed by atoms with Crippen LogP contribution in [0.25, 0.3) is 12.2 Å². The Morgan fingerprint density at radius 2 is 1.74 bits per heavy atom. The Labute approximate surface area is 222 Å². The van der Waals surface area contributed by atoms with Gasteiger partial charge < -0.3 is 30.6 Å². The van der Waals surface area contributed by atoms with Crippen LogP contribution in [-0.4, -0.2) is 38.1 Å². The standard InChI is InChI=1S/C30H31N3O5/c1-30(2)16-15-21-26(36-3)14-11-20(29(21)38-30)25(34)12-9-19-10-13-27(37-4)24(17-19)32-18-28(35)33-23-8-6-5-7-22(23)31/h5-17,32H,18,31H2,1-4H3,(H,33,35)/b12-9+. The lowest BCUT2D eigenvalue weighted by Crippen LogP contribution is -2.28. The number of rotatable bonds is 9. The van der Waals surface area contributed by atoms with Crippen molar-refractivity contribution in [3.8, 4) is 17.2 Å². The number of para-hydroxylation sites is 2. The number of carbonyl (C=O) groups excluding carboxylic acids is 2. The molecule has 1 amide bonds. The molecular formula is C30H31N3O5. The highest BCUT2D eigenvalue weighted by Gasteiger charge is 2.27. The van der Waals surface area contributed by atoms with E-state index in [9.17, 15) is 9.59 Å². The largest absolute Gasteiger partial charge is 0.496 e. The number of ketones is 1. The zero-order valence-corrected chi connectivity index (χ0v) is 21.8. The molecule has 0 atom stereocenters. The number of hydrogen-bond acceptors (Lipinski definition) is 7. The average molecular weight is 514 g/mol. The van der Waals surface area contributed by atoms with Crippen molar-refractivity contribution in [2.45, 2.75) is 19.4 Å². The van der Waals surface area contributed by atoms with Gasteiger partial charge in [0.2, 0.25) is 5.91 Å². The minimum atomic E-state index is -0.548. The summed E-state index contributed by atoms with van der Waals surface area (Å²) in [5.74, 6) is 1.22. The van der Waals surface area contributed by atoms with Crippen LogP contribution in [0.5, 0.6) is 17.2 Å². The third-order valence-electron chi connectivity index (χ3n) is 5.98. The number of nitrogens with two attached hydrogens (primary N) is 1. The lowest BCUT2D eigenvalue weighted by molar-refractivity contribution is -0.114. The fourth-order valence-corrected chi connectivity index (χ4v) is 4.01. The van der Waals surface area contributed by atoms with Crippen molar-refractivity contribution in [3.05, 3.63) is 83.4 Å². The molecule has 8 heteroatoms. The lowest BCUT2D eigenvalue weighted by Gasteiger charge is -2.29. The number of anilines is 3. The maximum atomic E-state index is 13.2. The van der Waals surface area contributed by atoms with Crippen LogP contribution in [0, 0.1) is 0 Å². The molecule has 3 aromatic carbocycles. The van der Waals surface area contributed by atoms with Crippen LogP contribution in [0.15, 0.2) is 66.7 Å². The molecular weight excluding hydrogens is 482 g/mol. The second kappa shape index (κ2) is 11.1. The van der Waals surface area contributed by atoms with Gasteiger partial charge in [0.05, 0.1) is 49.0 Å². The summed E-state index contributed by atoms with van der Waals surface area (Å²) in [6.07, 6.45) is 7.05. The highest BCUT2D eigenvalue weighted by Crippen LogP contribution is 2.40. The normalized spacial score (nSPS) is 13.4. The first kappa shape index (κ1) is 26.3. The van der Waals surface area contributed by atoms with Crippen molar-refractivity contribution in [2.75, 3.05) is 37.1 Å². The number of benzene rings is 3. The number of allylic oxidation sites excluding steroid dienone is 1. The summed E-state index contributed by atoms with van der Waals surface area (Å²) < 4.78 is 17.0. The van der Waals surface area contributed by atoms with Crippen molar-refractivity contribution in [1.82, 2.24) is 0 Å². The highest BCUT2D eigenvalue weighted by molar-refractivity contribution is 6.09. The van der Waals surface area contributed by atoms with Crippen molar-refractivity contribution >= 4 is 40.9 Å². The van der Waals surface area contributed by atoms with Crippen molar-refractivity contribution in [2.24, 2.45) is 0 Å². The fourth-order valence-electron chi connectivity index (χ4n) is 4.01. The molecule has 1 heterocycles. The summed E-state index contributed by atoms with van der Waals surface area (Å²) in [4.78, 5) is 25.6. The number of fused-ring (bicyclic) bond motifs is 1. The predicted octanol–water partition coefficient (Wildman–Crippen LogP) is 5.42. The molecule has 1 aliphatic heterocycles. The smallest absolute Gasteiger partial charge is 0.243 e. The first-order chi connectivity index (χ1) is 18.2. The molecule has 0 fully saturated rings. The monoisotopic (exact) mass is 513 g/mol. The predicted molar refractivity (Wildman–Crippen MR) is 151 cm³/mol. The van der Waals surface area contributed by atoms with Gasteiger partial charge in [0.25, 0.3) is 0 Å². The molecule has 3 aromatic rings. The second-order valence-electron chi connectivity index (χ2n) is 9.24. The van der Waals surface area contributed by atoms with Crippen LogP contribution in [0.3, 0.4) is 0 Å². The first-order valence-corrected chi connectivity index (χ1v) is 12.1. The summed E-state index contributed by atoms with van der Waals surface area (Å²) in [6, 6.07) is 15.9. The van der Waals surface area contributed by atoms with Gasteiger partial charge >= 0.3 is 0 Å². The summed E-state index contributed by atoms with van der Waals surface area (Å²) in [7, 11) is 3.13. The van der Waals surface area contributed by atoms with Gasteiger partial charge in [0.1, 0.15) is 22.8 Å². The minimum Gasteiger partial charge on any atom is -0.496 e. The Balaban J connectivity index is 1.50. The number of hydrogen-bond donors (Lipinski definition) is 3. The molecule has 0 unspecified atom stereocenters. The van der Waals surface area contributed by atoms with Gasteiger partial charge in [0, 0.05) is 0 Å². The maximum Gasteiger partial charge on any atom is 0.243 e. The molecule has 0 spiro atoms. The molecule has 0 bridgehead atoms. The Morgan fingerprint density at radius 1 is 1.00 bits per heavy atom. The van der Waals surface area contributed by atoms with Gasteiger partial charge in [-0.15, -0.1) is 0 Å².